The molecule has 7 heteroatoms. The van der Waals surface area contributed by atoms with E-state index >= 15 is 0 Å². The first-order valence-electron chi connectivity index (χ1n) is 13.4. The number of carbonyl (C=O) groups is 1. The molecule has 2 aliphatic heterocycles. The Morgan fingerprint density at radius 1 is 1.09 bits per heavy atom. The normalized spacial score (nSPS) is 28.4. The molecule has 0 aromatic heterocycles. The summed E-state index contributed by atoms with van der Waals surface area (Å²) in [5, 5.41) is 0. The lowest BCUT2D eigenvalue weighted by molar-refractivity contribution is -0.0174. The number of carbonyl (C=O) groups excluding carboxylic acids is 1. The Morgan fingerprint density at radius 3 is 2.31 bits per heavy atom. The summed E-state index contributed by atoms with van der Waals surface area (Å²) < 4.78 is 24.8. The van der Waals surface area contributed by atoms with Crippen LogP contribution in [-0.4, -0.2) is 56.7 Å². The predicted molar refractivity (Wildman–Crippen MR) is 140 cm³/mol. The Morgan fingerprint density at radius 2 is 1.71 bits per heavy atom. The van der Waals surface area contributed by atoms with Gasteiger partial charge in [-0.25, -0.2) is 4.79 Å². The molecule has 0 N–H and O–H groups in total. The smallest absolute Gasteiger partial charge is 0.458 e. The van der Waals surface area contributed by atoms with Gasteiger partial charge in [0.15, 0.2) is 0 Å². The first-order valence-corrected chi connectivity index (χ1v) is 13.4. The van der Waals surface area contributed by atoms with Crippen molar-refractivity contribution in [2.45, 2.75) is 92.0 Å². The van der Waals surface area contributed by atoms with Gasteiger partial charge in [-0.2, -0.15) is 0 Å². The van der Waals surface area contributed by atoms with Crippen molar-refractivity contribution in [3.8, 4) is 0 Å². The van der Waals surface area contributed by atoms with Crippen molar-refractivity contribution in [3.63, 3.8) is 0 Å². The minimum absolute atomic E-state index is 0.0372. The summed E-state index contributed by atoms with van der Waals surface area (Å²) in [5.74, 6) is 1.24. The zero-order valence-corrected chi connectivity index (χ0v) is 23.0. The third-order valence-corrected chi connectivity index (χ3v) is 8.77. The number of nitrogens with zero attached hydrogens (tertiary/aromatic N) is 1. The third kappa shape index (κ3) is 5.28. The van der Waals surface area contributed by atoms with Crippen molar-refractivity contribution in [1.29, 1.82) is 0 Å². The Balaban J connectivity index is 1.68. The van der Waals surface area contributed by atoms with Crippen LogP contribution < -0.4 is 10.4 Å². The molecule has 6 nitrogen and oxygen atoms in total. The van der Waals surface area contributed by atoms with Crippen LogP contribution in [0.5, 0.6) is 0 Å². The Labute approximate surface area is 212 Å². The minimum Gasteiger partial charge on any atom is -0.458 e. The topological polar surface area (TPSA) is 57.2 Å². The number of ether oxygens (including phenoxy) is 2. The van der Waals surface area contributed by atoms with E-state index in [0.717, 1.165) is 42.6 Å². The highest BCUT2D eigenvalue weighted by atomic mass is 16.7. The summed E-state index contributed by atoms with van der Waals surface area (Å²) in [6.07, 6.45) is 3.22. The molecule has 1 aliphatic carbocycles. The average Bonchev–Trinajstić information content (AvgIpc) is 3.00. The first-order chi connectivity index (χ1) is 16.4. The van der Waals surface area contributed by atoms with Crippen LogP contribution >= 0.6 is 0 Å². The van der Waals surface area contributed by atoms with Crippen LogP contribution in [0, 0.1) is 24.7 Å². The maximum Gasteiger partial charge on any atom is 0.497 e. The summed E-state index contributed by atoms with van der Waals surface area (Å²) in [5.41, 5.74) is 2.52. The highest BCUT2D eigenvalue weighted by Gasteiger charge is 2.53. The van der Waals surface area contributed by atoms with E-state index in [9.17, 15) is 4.79 Å². The van der Waals surface area contributed by atoms with Crippen LogP contribution in [0.4, 0.5) is 5.69 Å². The highest BCUT2D eigenvalue weighted by molar-refractivity contribution is 6.64. The van der Waals surface area contributed by atoms with E-state index in [-0.39, 0.29) is 12.1 Å². The van der Waals surface area contributed by atoms with E-state index in [1.54, 1.807) is 0 Å². The maximum absolute atomic E-state index is 13.6. The summed E-state index contributed by atoms with van der Waals surface area (Å²) in [7, 11) is -0.552. The van der Waals surface area contributed by atoms with Crippen molar-refractivity contribution in [2.75, 3.05) is 31.2 Å². The number of benzene rings is 1. The van der Waals surface area contributed by atoms with Crippen LogP contribution in [-0.2, 0) is 18.8 Å². The molecular formula is C28H44BNO5. The number of rotatable bonds is 5. The van der Waals surface area contributed by atoms with E-state index in [0.29, 0.717) is 36.5 Å². The Hall–Kier alpha value is -1.57. The summed E-state index contributed by atoms with van der Waals surface area (Å²) in [6.45, 7) is 19.9. The molecule has 0 amide bonds. The number of esters is 1. The minimum atomic E-state index is -0.552. The van der Waals surface area contributed by atoms with Gasteiger partial charge in [0.1, 0.15) is 6.10 Å². The van der Waals surface area contributed by atoms with Crippen LogP contribution in [0.25, 0.3) is 0 Å². The van der Waals surface area contributed by atoms with Gasteiger partial charge in [-0.05, 0) is 82.9 Å². The molecule has 3 fully saturated rings. The molecule has 1 aromatic rings. The molecule has 4 rings (SSSR count). The van der Waals surface area contributed by atoms with E-state index in [1.165, 1.54) is 6.42 Å². The number of anilines is 1. The van der Waals surface area contributed by atoms with Gasteiger partial charge < -0.3 is 23.7 Å². The lowest BCUT2D eigenvalue weighted by Gasteiger charge is -2.37. The van der Waals surface area contributed by atoms with Crippen LogP contribution in [0.3, 0.4) is 0 Å². The molecule has 0 spiro atoms. The van der Waals surface area contributed by atoms with E-state index in [1.807, 2.05) is 19.1 Å². The van der Waals surface area contributed by atoms with Crippen molar-refractivity contribution < 1.29 is 23.6 Å². The zero-order chi connectivity index (χ0) is 25.5. The van der Waals surface area contributed by atoms with Gasteiger partial charge >= 0.3 is 13.1 Å². The average molecular weight is 485 g/mol. The fraction of sp³-hybridized carbons (Fsp3) is 0.750. The first kappa shape index (κ1) is 26.5. The molecule has 2 heterocycles. The Bertz CT molecular complexity index is 908. The van der Waals surface area contributed by atoms with Gasteiger partial charge in [0.05, 0.1) is 30.0 Å². The lowest BCUT2D eigenvalue weighted by Crippen LogP contribution is -2.45. The standard InChI is InChI=1S/C28H44BNO5/c1-18(2)21-10-9-19(3)17-24(21)33-26(31)22-11-12-23(30-13-15-32-16-14-30)25(20(22)4)29-34-27(5,6)28(7,8)35-29/h11-12,18-19,21,24H,9-10,13-17H2,1-8H3. The molecule has 1 aromatic carbocycles. The largest absolute Gasteiger partial charge is 0.497 e. The monoisotopic (exact) mass is 485 g/mol. The zero-order valence-electron chi connectivity index (χ0n) is 23.0. The highest BCUT2D eigenvalue weighted by Crippen LogP contribution is 2.39. The second kappa shape index (κ2) is 10.1. The van der Waals surface area contributed by atoms with E-state index in [2.05, 4.69) is 53.4 Å². The number of hydrogen-bond acceptors (Lipinski definition) is 6. The van der Waals surface area contributed by atoms with Crippen LogP contribution in [0.1, 0.15) is 83.7 Å². The molecule has 1 saturated carbocycles. The summed E-state index contributed by atoms with van der Waals surface area (Å²) in [6, 6.07) is 3.96. The maximum atomic E-state index is 13.6. The van der Waals surface area contributed by atoms with E-state index < -0.39 is 18.3 Å². The van der Waals surface area contributed by atoms with Gasteiger partial charge in [0, 0.05) is 24.2 Å². The predicted octanol–water partition coefficient (Wildman–Crippen LogP) is 4.75. The van der Waals surface area contributed by atoms with Crippen molar-refractivity contribution >= 4 is 24.2 Å². The van der Waals surface area contributed by atoms with Crippen molar-refractivity contribution in [1.82, 2.24) is 0 Å². The van der Waals surface area contributed by atoms with Crippen molar-refractivity contribution in [3.05, 3.63) is 23.3 Å². The number of morpholine rings is 1. The Kier molecular flexibility index (Phi) is 7.62. The summed E-state index contributed by atoms with van der Waals surface area (Å²) >= 11 is 0. The fourth-order valence-electron chi connectivity index (χ4n) is 5.73. The quantitative estimate of drug-likeness (QED) is 0.443. The molecule has 0 bridgehead atoms. The molecule has 3 aliphatic rings. The van der Waals surface area contributed by atoms with Gasteiger partial charge in [0.25, 0.3) is 0 Å². The lowest BCUT2D eigenvalue weighted by atomic mass is 9.73. The van der Waals surface area contributed by atoms with E-state index in [4.69, 9.17) is 18.8 Å². The second-order valence-electron chi connectivity index (χ2n) is 12.1. The van der Waals surface area contributed by atoms with Crippen LogP contribution in [0.2, 0.25) is 0 Å². The van der Waals surface area contributed by atoms with Gasteiger partial charge in [-0.3, -0.25) is 0 Å². The fourth-order valence-corrected chi connectivity index (χ4v) is 5.73. The molecule has 3 unspecified atom stereocenters. The molecular weight excluding hydrogens is 441 g/mol. The second-order valence-corrected chi connectivity index (χ2v) is 12.1. The van der Waals surface area contributed by atoms with Crippen molar-refractivity contribution in [2.24, 2.45) is 17.8 Å². The molecule has 35 heavy (non-hydrogen) atoms. The van der Waals surface area contributed by atoms with Gasteiger partial charge in [-0.1, -0.05) is 27.2 Å². The van der Waals surface area contributed by atoms with Crippen LogP contribution in [0.15, 0.2) is 12.1 Å². The SMILES string of the molecule is Cc1c(C(=O)OC2CC(C)CCC2C(C)C)ccc(N2CCOCC2)c1B1OC(C)(C)C(C)(C)O1. The van der Waals surface area contributed by atoms with Gasteiger partial charge in [-0.15, -0.1) is 0 Å². The summed E-state index contributed by atoms with van der Waals surface area (Å²) in [4.78, 5) is 15.9. The molecule has 3 atom stereocenters. The molecule has 2 saturated heterocycles. The molecule has 194 valence electrons. The third-order valence-electron chi connectivity index (χ3n) is 8.77. The number of hydrogen-bond donors (Lipinski definition) is 0. The molecule has 0 radical (unpaired) electrons. The van der Waals surface area contributed by atoms with Gasteiger partial charge in [0.2, 0.25) is 0 Å².